The van der Waals surface area contributed by atoms with Crippen LogP contribution in [-0.4, -0.2) is 35.1 Å². The highest BCUT2D eigenvalue weighted by atomic mass is 16.5. The van der Waals surface area contributed by atoms with Crippen molar-refractivity contribution in [1.82, 2.24) is 4.90 Å². The van der Waals surface area contributed by atoms with E-state index in [9.17, 15) is 19.2 Å². The van der Waals surface area contributed by atoms with Gasteiger partial charge < -0.3 is 10.1 Å². The van der Waals surface area contributed by atoms with Crippen LogP contribution in [-0.2, 0) is 25.7 Å². The molecule has 2 atom stereocenters. The molecule has 3 amide bonds. The number of imide groups is 1. The van der Waals surface area contributed by atoms with Gasteiger partial charge in [-0.25, -0.2) is 0 Å². The van der Waals surface area contributed by atoms with Crippen molar-refractivity contribution in [2.24, 2.45) is 11.8 Å². The first-order valence-electron chi connectivity index (χ1n) is 10.1. The summed E-state index contributed by atoms with van der Waals surface area (Å²) < 4.78 is 5.23. The van der Waals surface area contributed by atoms with Crippen LogP contribution < -0.4 is 5.32 Å². The molecule has 4 rings (SSSR count). The second-order valence-corrected chi connectivity index (χ2v) is 7.60. The van der Waals surface area contributed by atoms with Crippen molar-refractivity contribution in [2.75, 3.05) is 11.9 Å². The monoisotopic (exact) mass is 418 g/mol. The molecule has 0 unspecified atom stereocenters. The van der Waals surface area contributed by atoms with Gasteiger partial charge in [-0.05, 0) is 42.7 Å². The SMILES string of the molecule is O=C(CN1C(=O)[C@@H]2CC=CC[C@H]2C1=O)OCc1ccc(C(=O)Nc2ccccc2)cc1. The number of benzene rings is 2. The third kappa shape index (κ3) is 4.55. The molecule has 2 aromatic rings. The molecule has 0 radical (unpaired) electrons. The van der Waals surface area contributed by atoms with Gasteiger partial charge >= 0.3 is 5.97 Å². The standard InChI is InChI=1S/C24H22N2O5/c27-21(14-26-23(29)19-8-4-5-9-20(19)24(26)30)31-15-16-10-12-17(13-11-16)22(28)25-18-6-2-1-3-7-18/h1-7,10-13,19-20H,8-9,14-15H2,(H,25,28)/t19-,20-/m1/s1. The Morgan fingerprint density at radius 2 is 1.52 bits per heavy atom. The molecule has 7 heteroatoms. The fourth-order valence-corrected chi connectivity index (χ4v) is 3.84. The van der Waals surface area contributed by atoms with E-state index in [1.54, 1.807) is 36.4 Å². The summed E-state index contributed by atoms with van der Waals surface area (Å²) in [6.45, 7) is -0.383. The molecule has 31 heavy (non-hydrogen) atoms. The fraction of sp³-hybridized carbons (Fsp3) is 0.250. The third-order valence-electron chi connectivity index (χ3n) is 5.53. The van der Waals surface area contributed by atoms with Crippen LogP contribution in [0.3, 0.4) is 0 Å². The van der Waals surface area contributed by atoms with Crippen LogP contribution in [0.2, 0.25) is 0 Å². The van der Waals surface area contributed by atoms with Crippen LogP contribution in [0.4, 0.5) is 5.69 Å². The summed E-state index contributed by atoms with van der Waals surface area (Å²) in [4.78, 5) is 50.3. The smallest absolute Gasteiger partial charge is 0.326 e. The molecule has 1 N–H and O–H groups in total. The van der Waals surface area contributed by atoms with Crippen molar-refractivity contribution in [3.05, 3.63) is 77.9 Å². The zero-order valence-electron chi connectivity index (χ0n) is 16.8. The Morgan fingerprint density at radius 3 is 2.13 bits per heavy atom. The lowest BCUT2D eigenvalue weighted by atomic mass is 9.85. The van der Waals surface area contributed by atoms with Crippen LogP contribution in [0.1, 0.15) is 28.8 Å². The van der Waals surface area contributed by atoms with Crippen LogP contribution in [0, 0.1) is 11.8 Å². The molecule has 1 saturated heterocycles. The predicted octanol–water partition coefficient (Wildman–Crippen LogP) is 2.93. The minimum absolute atomic E-state index is 0.00987. The van der Waals surface area contributed by atoms with Gasteiger partial charge in [0.1, 0.15) is 13.2 Å². The first-order valence-corrected chi connectivity index (χ1v) is 10.1. The number of amides is 3. The molecule has 7 nitrogen and oxygen atoms in total. The van der Waals surface area contributed by atoms with E-state index in [2.05, 4.69) is 5.32 Å². The Labute approximate surface area is 179 Å². The lowest BCUT2D eigenvalue weighted by Crippen LogP contribution is -2.36. The molecule has 1 heterocycles. The van der Waals surface area contributed by atoms with Crippen molar-refractivity contribution in [3.63, 3.8) is 0 Å². The van der Waals surface area contributed by atoms with Gasteiger partial charge in [-0.2, -0.15) is 0 Å². The molecular weight excluding hydrogens is 396 g/mol. The van der Waals surface area contributed by atoms with Gasteiger partial charge in [0, 0.05) is 11.3 Å². The predicted molar refractivity (Wildman–Crippen MR) is 113 cm³/mol. The number of carbonyl (C=O) groups is 4. The van der Waals surface area contributed by atoms with Gasteiger partial charge in [0.15, 0.2) is 0 Å². The molecule has 0 spiro atoms. The number of allylic oxidation sites excluding steroid dienone is 2. The highest BCUT2D eigenvalue weighted by Crippen LogP contribution is 2.34. The van der Waals surface area contributed by atoms with Crippen molar-refractivity contribution in [1.29, 1.82) is 0 Å². The number of anilines is 1. The second-order valence-electron chi connectivity index (χ2n) is 7.60. The zero-order chi connectivity index (χ0) is 21.8. The zero-order valence-corrected chi connectivity index (χ0v) is 16.8. The number of ether oxygens (including phenoxy) is 1. The van der Waals surface area contributed by atoms with E-state index >= 15 is 0 Å². The minimum atomic E-state index is -0.640. The van der Waals surface area contributed by atoms with E-state index in [1.165, 1.54) is 0 Å². The maximum Gasteiger partial charge on any atom is 0.326 e. The lowest BCUT2D eigenvalue weighted by Gasteiger charge is -2.14. The number of hydrogen-bond acceptors (Lipinski definition) is 5. The van der Waals surface area contributed by atoms with Crippen LogP contribution >= 0.6 is 0 Å². The Kier molecular flexibility index (Phi) is 5.93. The number of likely N-dealkylation sites (tertiary alicyclic amines) is 1. The van der Waals surface area contributed by atoms with Gasteiger partial charge in [0.25, 0.3) is 5.91 Å². The van der Waals surface area contributed by atoms with Crippen LogP contribution in [0.5, 0.6) is 0 Å². The van der Waals surface area contributed by atoms with Crippen molar-refractivity contribution in [2.45, 2.75) is 19.4 Å². The Morgan fingerprint density at radius 1 is 0.903 bits per heavy atom. The topological polar surface area (TPSA) is 92.8 Å². The second kappa shape index (κ2) is 8.95. The lowest BCUT2D eigenvalue weighted by molar-refractivity contribution is -0.153. The minimum Gasteiger partial charge on any atom is -0.459 e. The molecule has 0 saturated carbocycles. The average Bonchev–Trinajstić information content (AvgIpc) is 3.04. The third-order valence-corrected chi connectivity index (χ3v) is 5.53. The molecule has 2 aliphatic rings. The van der Waals surface area contributed by atoms with Gasteiger partial charge in [0.2, 0.25) is 11.8 Å². The Bertz CT molecular complexity index is 1000. The average molecular weight is 418 g/mol. The molecule has 0 aromatic heterocycles. The molecule has 2 aromatic carbocycles. The molecule has 1 aliphatic heterocycles. The van der Waals surface area contributed by atoms with Crippen molar-refractivity contribution >= 4 is 29.4 Å². The van der Waals surface area contributed by atoms with Crippen molar-refractivity contribution in [3.8, 4) is 0 Å². The number of fused-ring (bicyclic) bond motifs is 1. The normalized spacial score (nSPS) is 19.8. The summed E-state index contributed by atoms with van der Waals surface area (Å²) in [5.74, 6) is -2.20. The molecular formula is C24H22N2O5. The Balaban J connectivity index is 1.28. The fourth-order valence-electron chi connectivity index (χ4n) is 3.84. The Hall–Kier alpha value is -3.74. The number of hydrogen-bond donors (Lipinski definition) is 1. The number of rotatable bonds is 6. The maximum atomic E-state index is 12.4. The van der Waals surface area contributed by atoms with Crippen LogP contribution in [0.15, 0.2) is 66.7 Å². The largest absolute Gasteiger partial charge is 0.459 e. The van der Waals surface area contributed by atoms with Crippen molar-refractivity contribution < 1.29 is 23.9 Å². The van der Waals surface area contributed by atoms with E-state index in [4.69, 9.17) is 4.74 Å². The maximum absolute atomic E-state index is 12.4. The van der Waals surface area contributed by atoms with Gasteiger partial charge in [-0.15, -0.1) is 0 Å². The summed E-state index contributed by atoms with van der Waals surface area (Å²) >= 11 is 0. The van der Waals surface area contributed by atoms with Gasteiger partial charge in [-0.3, -0.25) is 24.1 Å². The number of nitrogens with zero attached hydrogens (tertiary/aromatic N) is 1. The number of nitrogens with one attached hydrogen (secondary N) is 1. The summed E-state index contributed by atoms with van der Waals surface area (Å²) in [5.41, 5.74) is 1.87. The number of para-hydroxylation sites is 1. The first-order chi connectivity index (χ1) is 15.0. The van der Waals surface area contributed by atoms with E-state index in [0.717, 1.165) is 4.90 Å². The molecule has 1 fully saturated rings. The first kappa shape index (κ1) is 20.5. The summed E-state index contributed by atoms with van der Waals surface area (Å²) in [5, 5.41) is 2.80. The summed E-state index contributed by atoms with van der Waals surface area (Å²) in [6, 6.07) is 15.8. The van der Waals surface area contributed by atoms with E-state index in [1.807, 2.05) is 30.4 Å². The quantitative estimate of drug-likeness (QED) is 0.442. The molecule has 0 bridgehead atoms. The van der Waals surface area contributed by atoms with E-state index < -0.39 is 5.97 Å². The van der Waals surface area contributed by atoms with Crippen LogP contribution in [0.25, 0.3) is 0 Å². The molecule has 158 valence electrons. The van der Waals surface area contributed by atoms with E-state index in [0.29, 0.717) is 29.7 Å². The highest BCUT2D eigenvalue weighted by Gasteiger charge is 2.47. The highest BCUT2D eigenvalue weighted by molar-refractivity contribution is 6.07. The number of carbonyl (C=O) groups excluding carboxylic acids is 4. The van der Waals surface area contributed by atoms with Gasteiger partial charge in [0.05, 0.1) is 11.8 Å². The number of esters is 1. The van der Waals surface area contributed by atoms with E-state index in [-0.39, 0.29) is 42.7 Å². The summed E-state index contributed by atoms with van der Waals surface area (Å²) in [7, 11) is 0. The molecule has 1 aliphatic carbocycles. The summed E-state index contributed by atoms with van der Waals surface area (Å²) in [6.07, 6.45) is 4.87. The van der Waals surface area contributed by atoms with Gasteiger partial charge in [-0.1, -0.05) is 42.5 Å².